The van der Waals surface area contributed by atoms with E-state index in [1.165, 1.54) is 37.3 Å². The van der Waals surface area contributed by atoms with Gasteiger partial charge in [-0.15, -0.1) is 0 Å². The van der Waals surface area contributed by atoms with Gasteiger partial charge in [0.1, 0.15) is 18.4 Å². The number of carbonyl (C=O) groups is 2. The van der Waals surface area contributed by atoms with Gasteiger partial charge in [0.15, 0.2) is 0 Å². The van der Waals surface area contributed by atoms with E-state index in [1.807, 2.05) is 13.8 Å². The maximum absolute atomic E-state index is 14.4. The van der Waals surface area contributed by atoms with E-state index in [-0.39, 0.29) is 38.9 Å². The van der Waals surface area contributed by atoms with Crippen LogP contribution in [0.2, 0.25) is 15.1 Å². The Hall–Kier alpha value is -2.07. The Balaban J connectivity index is 2.47. The van der Waals surface area contributed by atoms with Gasteiger partial charge in [0.05, 0.1) is 27.0 Å². The molecule has 0 aliphatic rings. The first-order chi connectivity index (χ1) is 16.3. The van der Waals surface area contributed by atoms with E-state index in [0.29, 0.717) is 6.42 Å². The number of sulfonamides is 1. The van der Waals surface area contributed by atoms with Crippen molar-refractivity contribution >= 4 is 62.3 Å². The SMILES string of the molecule is CC[C@H](C)NC(=O)[C@@H](C)N(Cc1ccccc1F)C(=O)CN(c1cc(Cl)c(Cl)cc1Cl)S(C)(=O)=O. The van der Waals surface area contributed by atoms with Crippen molar-refractivity contribution in [2.24, 2.45) is 0 Å². The first kappa shape index (κ1) is 29.2. The summed E-state index contributed by atoms with van der Waals surface area (Å²) >= 11 is 18.2. The summed E-state index contributed by atoms with van der Waals surface area (Å²) in [5.41, 5.74) is 0.113. The fourth-order valence-electron chi connectivity index (χ4n) is 3.16. The molecule has 35 heavy (non-hydrogen) atoms. The van der Waals surface area contributed by atoms with E-state index in [9.17, 15) is 22.4 Å². The third-order valence-electron chi connectivity index (χ3n) is 5.40. The molecule has 0 saturated carbocycles. The Morgan fingerprint density at radius 1 is 1.06 bits per heavy atom. The minimum atomic E-state index is -4.02. The molecule has 0 aliphatic heterocycles. The molecular formula is C23H27Cl3FN3O4S. The second kappa shape index (κ2) is 12.3. The second-order valence-electron chi connectivity index (χ2n) is 8.09. The molecule has 0 aliphatic carbocycles. The Kier molecular flexibility index (Phi) is 10.2. The Labute approximate surface area is 220 Å². The highest BCUT2D eigenvalue weighted by Gasteiger charge is 2.31. The standard InChI is InChI=1S/C23H27Cl3FN3O4S/c1-5-14(2)28-23(32)15(3)29(12-16-8-6-7-9-20(16)27)22(31)13-30(35(4,33)34)21-11-18(25)17(24)10-19(21)26/h6-11,14-15H,5,12-13H2,1-4H3,(H,28,32)/t14-,15+/m0/s1. The normalized spacial score (nSPS) is 13.1. The average molecular weight is 567 g/mol. The zero-order valence-corrected chi connectivity index (χ0v) is 22.8. The van der Waals surface area contributed by atoms with Crippen molar-refractivity contribution in [1.29, 1.82) is 0 Å². The number of halogens is 4. The van der Waals surface area contributed by atoms with Crippen LogP contribution in [-0.2, 0) is 26.2 Å². The number of benzene rings is 2. The number of nitrogens with one attached hydrogen (secondary N) is 1. The van der Waals surface area contributed by atoms with Crippen molar-refractivity contribution in [2.75, 3.05) is 17.1 Å². The first-order valence-electron chi connectivity index (χ1n) is 10.7. The largest absolute Gasteiger partial charge is 0.352 e. The van der Waals surface area contributed by atoms with Gasteiger partial charge in [0.25, 0.3) is 0 Å². The molecule has 2 atom stereocenters. The topological polar surface area (TPSA) is 86.8 Å². The van der Waals surface area contributed by atoms with Crippen LogP contribution >= 0.6 is 34.8 Å². The molecule has 0 spiro atoms. The predicted molar refractivity (Wildman–Crippen MR) is 138 cm³/mol. The third-order valence-corrected chi connectivity index (χ3v) is 7.56. The third kappa shape index (κ3) is 7.70. The molecule has 2 rings (SSSR count). The monoisotopic (exact) mass is 565 g/mol. The molecule has 2 aromatic rings. The van der Waals surface area contributed by atoms with Gasteiger partial charge in [-0.25, -0.2) is 12.8 Å². The summed E-state index contributed by atoms with van der Waals surface area (Å²) in [4.78, 5) is 27.4. The lowest BCUT2D eigenvalue weighted by molar-refractivity contribution is -0.139. The molecular weight excluding hydrogens is 540 g/mol. The number of anilines is 1. The van der Waals surface area contributed by atoms with Crippen LogP contribution < -0.4 is 9.62 Å². The van der Waals surface area contributed by atoms with E-state index in [0.717, 1.165) is 15.5 Å². The molecule has 2 aromatic carbocycles. The molecule has 0 aromatic heterocycles. The van der Waals surface area contributed by atoms with Crippen LogP contribution in [-0.4, -0.2) is 50.0 Å². The molecule has 0 heterocycles. The molecule has 12 heteroatoms. The lowest BCUT2D eigenvalue weighted by atomic mass is 10.1. The van der Waals surface area contributed by atoms with E-state index in [4.69, 9.17) is 34.8 Å². The average Bonchev–Trinajstić information content (AvgIpc) is 2.78. The number of amides is 2. The van der Waals surface area contributed by atoms with Gasteiger partial charge in [-0.05, 0) is 38.5 Å². The van der Waals surface area contributed by atoms with Crippen LogP contribution in [0.1, 0.15) is 32.8 Å². The maximum Gasteiger partial charge on any atom is 0.244 e. The van der Waals surface area contributed by atoms with E-state index in [1.54, 1.807) is 6.07 Å². The fraction of sp³-hybridized carbons (Fsp3) is 0.391. The molecule has 0 radical (unpaired) electrons. The highest BCUT2D eigenvalue weighted by Crippen LogP contribution is 2.35. The number of rotatable bonds is 10. The van der Waals surface area contributed by atoms with Crippen LogP contribution in [0, 0.1) is 5.82 Å². The minimum Gasteiger partial charge on any atom is -0.352 e. The van der Waals surface area contributed by atoms with Crippen molar-refractivity contribution < 1.29 is 22.4 Å². The van der Waals surface area contributed by atoms with E-state index in [2.05, 4.69) is 5.32 Å². The molecule has 2 amide bonds. The van der Waals surface area contributed by atoms with Crippen LogP contribution in [0.4, 0.5) is 10.1 Å². The summed E-state index contributed by atoms with van der Waals surface area (Å²) in [5.74, 6) is -1.76. The van der Waals surface area contributed by atoms with Crippen molar-refractivity contribution in [3.05, 3.63) is 62.8 Å². The van der Waals surface area contributed by atoms with Crippen LogP contribution in [0.3, 0.4) is 0 Å². The van der Waals surface area contributed by atoms with Crippen LogP contribution in [0.25, 0.3) is 0 Å². The highest BCUT2D eigenvalue weighted by atomic mass is 35.5. The van der Waals surface area contributed by atoms with Crippen LogP contribution in [0.5, 0.6) is 0 Å². The summed E-state index contributed by atoms with van der Waals surface area (Å²) in [5, 5.41) is 2.90. The Morgan fingerprint density at radius 2 is 1.66 bits per heavy atom. The number of nitrogens with zero attached hydrogens (tertiary/aromatic N) is 2. The maximum atomic E-state index is 14.4. The van der Waals surface area contributed by atoms with Gasteiger partial charge in [-0.3, -0.25) is 13.9 Å². The molecule has 1 N–H and O–H groups in total. The molecule has 7 nitrogen and oxygen atoms in total. The fourth-order valence-corrected chi connectivity index (χ4v) is 4.70. The van der Waals surface area contributed by atoms with E-state index < -0.39 is 40.2 Å². The van der Waals surface area contributed by atoms with Crippen molar-refractivity contribution in [1.82, 2.24) is 10.2 Å². The summed E-state index contributed by atoms with van der Waals surface area (Å²) < 4.78 is 40.4. The van der Waals surface area contributed by atoms with Gasteiger partial charge in [0, 0.05) is 18.2 Å². The summed E-state index contributed by atoms with van der Waals surface area (Å²) in [7, 11) is -4.02. The van der Waals surface area contributed by atoms with Gasteiger partial charge in [-0.1, -0.05) is 59.9 Å². The van der Waals surface area contributed by atoms with Crippen molar-refractivity contribution in [2.45, 2.75) is 45.8 Å². The van der Waals surface area contributed by atoms with Gasteiger partial charge in [-0.2, -0.15) is 0 Å². The summed E-state index contributed by atoms with van der Waals surface area (Å²) in [6, 6.07) is 7.15. The summed E-state index contributed by atoms with van der Waals surface area (Å²) in [6.45, 7) is 4.24. The lowest BCUT2D eigenvalue weighted by Gasteiger charge is -2.32. The molecule has 0 unspecified atom stereocenters. The van der Waals surface area contributed by atoms with E-state index >= 15 is 0 Å². The number of hydrogen-bond donors (Lipinski definition) is 1. The van der Waals surface area contributed by atoms with Gasteiger partial charge < -0.3 is 10.2 Å². The lowest BCUT2D eigenvalue weighted by Crippen LogP contribution is -2.52. The van der Waals surface area contributed by atoms with Crippen molar-refractivity contribution in [3.63, 3.8) is 0 Å². The Bertz CT molecular complexity index is 1200. The van der Waals surface area contributed by atoms with Crippen LogP contribution in [0.15, 0.2) is 36.4 Å². The molecule has 0 fully saturated rings. The Morgan fingerprint density at radius 3 is 2.23 bits per heavy atom. The second-order valence-corrected chi connectivity index (χ2v) is 11.2. The minimum absolute atomic E-state index is 0.0386. The molecule has 0 bridgehead atoms. The molecule has 0 saturated heterocycles. The predicted octanol–water partition coefficient (Wildman–Crippen LogP) is 4.88. The first-order valence-corrected chi connectivity index (χ1v) is 13.7. The quantitative estimate of drug-likeness (QED) is 0.415. The number of hydrogen-bond acceptors (Lipinski definition) is 4. The smallest absolute Gasteiger partial charge is 0.244 e. The molecule has 192 valence electrons. The highest BCUT2D eigenvalue weighted by molar-refractivity contribution is 7.92. The zero-order valence-electron chi connectivity index (χ0n) is 19.7. The summed E-state index contributed by atoms with van der Waals surface area (Å²) in [6.07, 6.45) is 1.57. The number of carbonyl (C=O) groups excluding carboxylic acids is 2. The van der Waals surface area contributed by atoms with Gasteiger partial charge >= 0.3 is 0 Å². The zero-order chi connectivity index (χ0) is 26.5. The van der Waals surface area contributed by atoms with Crippen molar-refractivity contribution in [3.8, 4) is 0 Å². The van der Waals surface area contributed by atoms with Gasteiger partial charge in [0.2, 0.25) is 21.8 Å².